The minimum atomic E-state index is -3.68. The summed E-state index contributed by atoms with van der Waals surface area (Å²) in [7, 11) is -2.15. The first kappa shape index (κ1) is 22.1. The van der Waals surface area contributed by atoms with Crippen molar-refractivity contribution in [2.75, 3.05) is 25.6 Å². The van der Waals surface area contributed by atoms with E-state index in [0.29, 0.717) is 36.0 Å². The molecule has 0 aliphatic carbocycles. The van der Waals surface area contributed by atoms with Gasteiger partial charge in [0.15, 0.2) is 11.5 Å². The zero-order valence-electron chi connectivity index (χ0n) is 17.2. The van der Waals surface area contributed by atoms with Crippen LogP contribution in [-0.2, 0) is 16.6 Å². The van der Waals surface area contributed by atoms with Crippen molar-refractivity contribution in [2.45, 2.75) is 11.4 Å². The normalized spacial score (nSPS) is 13.1. The van der Waals surface area contributed by atoms with Crippen LogP contribution in [0.5, 0.6) is 11.5 Å². The molecule has 0 fully saturated rings. The summed E-state index contributed by atoms with van der Waals surface area (Å²) in [6.07, 6.45) is 0. The molecule has 0 aromatic heterocycles. The summed E-state index contributed by atoms with van der Waals surface area (Å²) < 4.78 is 38.0. The largest absolute Gasteiger partial charge is 0.486 e. The first-order chi connectivity index (χ1) is 15.3. The Morgan fingerprint density at radius 1 is 1.03 bits per heavy atom. The van der Waals surface area contributed by atoms with E-state index in [1.807, 2.05) is 30.3 Å². The van der Waals surface area contributed by atoms with Crippen LogP contribution < -0.4 is 14.8 Å². The smallest absolute Gasteiger partial charge is 0.255 e. The van der Waals surface area contributed by atoms with Crippen LogP contribution in [0.25, 0.3) is 0 Å². The molecule has 1 heterocycles. The van der Waals surface area contributed by atoms with E-state index in [-0.39, 0.29) is 16.5 Å². The van der Waals surface area contributed by atoms with E-state index in [0.717, 1.165) is 5.56 Å². The molecule has 0 saturated carbocycles. The van der Waals surface area contributed by atoms with Crippen molar-refractivity contribution in [1.82, 2.24) is 4.31 Å². The summed E-state index contributed by atoms with van der Waals surface area (Å²) in [6.45, 7) is 1.03. The lowest BCUT2D eigenvalue weighted by Crippen LogP contribution is -2.26. The molecule has 0 bridgehead atoms. The number of nitrogens with one attached hydrogen (secondary N) is 1. The molecule has 3 aromatic rings. The van der Waals surface area contributed by atoms with Gasteiger partial charge in [0.1, 0.15) is 13.2 Å². The van der Waals surface area contributed by atoms with Crippen LogP contribution >= 0.6 is 11.6 Å². The second kappa shape index (κ2) is 9.20. The third kappa shape index (κ3) is 4.72. The summed E-state index contributed by atoms with van der Waals surface area (Å²) in [5, 5.41) is 3.02. The molecule has 4 rings (SSSR count). The fraction of sp³-hybridized carbons (Fsp3) is 0.174. The molecule has 7 nitrogen and oxygen atoms in total. The van der Waals surface area contributed by atoms with E-state index in [9.17, 15) is 13.2 Å². The number of hydrogen-bond donors (Lipinski definition) is 1. The van der Waals surface area contributed by atoms with Gasteiger partial charge in [-0.1, -0.05) is 41.9 Å². The summed E-state index contributed by atoms with van der Waals surface area (Å²) in [4.78, 5) is 12.8. The van der Waals surface area contributed by atoms with E-state index in [2.05, 4.69) is 5.32 Å². The number of ether oxygens (including phenoxy) is 2. The molecule has 0 atom stereocenters. The highest BCUT2D eigenvalue weighted by molar-refractivity contribution is 7.89. The number of rotatable bonds is 6. The van der Waals surface area contributed by atoms with Crippen LogP contribution in [0.15, 0.2) is 71.6 Å². The molecule has 3 aromatic carbocycles. The minimum Gasteiger partial charge on any atom is -0.486 e. The van der Waals surface area contributed by atoms with Gasteiger partial charge in [0.05, 0.1) is 9.92 Å². The number of fused-ring (bicyclic) bond motifs is 1. The Morgan fingerprint density at radius 3 is 2.44 bits per heavy atom. The number of hydrogen-bond acceptors (Lipinski definition) is 5. The lowest BCUT2D eigenvalue weighted by atomic mass is 10.1. The molecule has 166 valence electrons. The highest BCUT2D eigenvalue weighted by atomic mass is 35.5. The first-order valence-corrected chi connectivity index (χ1v) is 11.7. The van der Waals surface area contributed by atoms with Crippen LogP contribution in [0.4, 0.5) is 5.69 Å². The van der Waals surface area contributed by atoms with E-state index in [4.69, 9.17) is 21.1 Å². The first-order valence-electron chi connectivity index (χ1n) is 9.85. The zero-order chi connectivity index (χ0) is 22.7. The van der Waals surface area contributed by atoms with Gasteiger partial charge in [-0.2, -0.15) is 4.31 Å². The van der Waals surface area contributed by atoms with Gasteiger partial charge in [-0.15, -0.1) is 0 Å². The minimum absolute atomic E-state index is 0.135. The van der Waals surface area contributed by atoms with Gasteiger partial charge < -0.3 is 14.8 Å². The molecule has 0 unspecified atom stereocenters. The lowest BCUT2D eigenvalue weighted by molar-refractivity contribution is 0.102. The monoisotopic (exact) mass is 472 g/mol. The summed E-state index contributed by atoms with van der Waals surface area (Å²) in [5.74, 6) is 0.432. The predicted octanol–water partition coefficient (Wildman–Crippen LogP) is 4.18. The van der Waals surface area contributed by atoms with Crippen molar-refractivity contribution in [2.24, 2.45) is 0 Å². The van der Waals surface area contributed by atoms with Crippen LogP contribution in [0, 0.1) is 0 Å². The Bertz CT molecular complexity index is 1230. The van der Waals surface area contributed by atoms with Gasteiger partial charge in [-0.25, -0.2) is 8.42 Å². The Hall–Kier alpha value is -3.07. The Balaban J connectivity index is 1.46. The number of benzene rings is 3. The highest BCUT2D eigenvalue weighted by Gasteiger charge is 2.22. The maximum absolute atomic E-state index is 12.9. The highest BCUT2D eigenvalue weighted by Crippen LogP contribution is 2.38. The number of carbonyl (C=O) groups excluding carboxylic acids is 1. The van der Waals surface area contributed by atoms with Gasteiger partial charge in [0, 0.05) is 24.8 Å². The number of amides is 1. The van der Waals surface area contributed by atoms with Gasteiger partial charge in [0.2, 0.25) is 10.0 Å². The molecule has 1 amide bonds. The van der Waals surface area contributed by atoms with E-state index >= 15 is 0 Å². The number of carbonyl (C=O) groups is 1. The van der Waals surface area contributed by atoms with Crippen molar-refractivity contribution in [1.29, 1.82) is 0 Å². The average molecular weight is 473 g/mol. The van der Waals surface area contributed by atoms with Crippen molar-refractivity contribution in [3.63, 3.8) is 0 Å². The molecule has 1 aliphatic heterocycles. The Labute approximate surface area is 191 Å². The van der Waals surface area contributed by atoms with Gasteiger partial charge in [-0.05, 0) is 42.0 Å². The SMILES string of the molecule is CN(Cc1ccccc1)S(=O)(=O)c1ccc(NC(=O)c2cc(Cl)c3c(c2)OCCO3)cc1. The van der Waals surface area contributed by atoms with Crippen LogP contribution in [-0.4, -0.2) is 38.9 Å². The number of nitrogens with zero attached hydrogens (tertiary/aromatic N) is 1. The Morgan fingerprint density at radius 2 is 1.72 bits per heavy atom. The third-order valence-electron chi connectivity index (χ3n) is 4.93. The Kier molecular flexibility index (Phi) is 6.36. The van der Waals surface area contributed by atoms with Crippen molar-refractivity contribution in [3.8, 4) is 11.5 Å². The molecular weight excluding hydrogens is 452 g/mol. The fourth-order valence-electron chi connectivity index (χ4n) is 3.26. The molecule has 1 N–H and O–H groups in total. The second-order valence-electron chi connectivity index (χ2n) is 7.21. The van der Waals surface area contributed by atoms with E-state index in [1.54, 1.807) is 18.2 Å². The summed E-state index contributed by atoms with van der Waals surface area (Å²) >= 11 is 6.20. The topological polar surface area (TPSA) is 84.9 Å². The molecule has 32 heavy (non-hydrogen) atoms. The molecule has 1 aliphatic rings. The third-order valence-corrected chi connectivity index (χ3v) is 7.03. The fourth-order valence-corrected chi connectivity index (χ4v) is 4.69. The molecular formula is C23H21ClN2O5S. The van der Waals surface area contributed by atoms with Crippen LogP contribution in [0.2, 0.25) is 5.02 Å². The molecule has 0 radical (unpaired) electrons. The van der Waals surface area contributed by atoms with Gasteiger partial charge >= 0.3 is 0 Å². The second-order valence-corrected chi connectivity index (χ2v) is 9.66. The number of sulfonamides is 1. The molecule has 9 heteroatoms. The van der Waals surface area contributed by atoms with Gasteiger partial charge in [0.25, 0.3) is 5.91 Å². The van der Waals surface area contributed by atoms with Crippen molar-refractivity contribution < 1.29 is 22.7 Å². The van der Waals surface area contributed by atoms with E-state index in [1.165, 1.54) is 29.6 Å². The number of halogens is 1. The summed E-state index contributed by atoms with van der Waals surface area (Å²) in [6, 6.07) is 18.4. The van der Waals surface area contributed by atoms with Crippen molar-refractivity contribution in [3.05, 3.63) is 82.9 Å². The summed E-state index contributed by atoms with van der Waals surface area (Å²) in [5.41, 5.74) is 1.64. The van der Waals surface area contributed by atoms with Crippen LogP contribution in [0.3, 0.4) is 0 Å². The van der Waals surface area contributed by atoms with Crippen LogP contribution in [0.1, 0.15) is 15.9 Å². The predicted molar refractivity (Wildman–Crippen MR) is 122 cm³/mol. The maximum Gasteiger partial charge on any atom is 0.255 e. The maximum atomic E-state index is 12.9. The zero-order valence-corrected chi connectivity index (χ0v) is 18.8. The lowest BCUT2D eigenvalue weighted by Gasteiger charge is -2.20. The molecule has 0 saturated heterocycles. The number of anilines is 1. The standard InChI is InChI=1S/C23H21ClN2O5S/c1-26(15-16-5-3-2-4-6-16)32(28,29)19-9-7-18(8-10-19)25-23(27)17-13-20(24)22-21(14-17)30-11-12-31-22/h2-10,13-14H,11-12,15H2,1H3,(H,25,27). The van der Waals surface area contributed by atoms with Crippen molar-refractivity contribution >= 4 is 33.2 Å². The van der Waals surface area contributed by atoms with E-state index < -0.39 is 15.9 Å². The van der Waals surface area contributed by atoms with Gasteiger partial charge in [-0.3, -0.25) is 4.79 Å². The molecule has 0 spiro atoms. The quantitative estimate of drug-likeness (QED) is 0.581. The average Bonchev–Trinajstić information content (AvgIpc) is 2.80.